The molecule has 0 bridgehead atoms. The molecule has 0 radical (unpaired) electrons. The van der Waals surface area contributed by atoms with Gasteiger partial charge in [0.05, 0.1) is 5.69 Å². The second-order valence-corrected chi connectivity index (χ2v) is 4.91. The van der Waals surface area contributed by atoms with Gasteiger partial charge in [0, 0.05) is 18.5 Å². The summed E-state index contributed by atoms with van der Waals surface area (Å²) in [6.45, 7) is 7.18. The minimum Gasteiger partial charge on any atom is -0.351 e. The Morgan fingerprint density at radius 3 is 2.94 bits per heavy atom. The Morgan fingerprint density at radius 1 is 1.65 bits per heavy atom. The molecule has 1 unspecified atom stereocenters. The number of nitrogens with one attached hydrogen (secondary N) is 1. The van der Waals surface area contributed by atoms with Crippen molar-refractivity contribution in [3.8, 4) is 0 Å². The van der Waals surface area contributed by atoms with Gasteiger partial charge in [-0.1, -0.05) is 0 Å². The molecule has 96 valence electrons. The van der Waals surface area contributed by atoms with Crippen molar-refractivity contribution < 1.29 is 4.79 Å². The lowest BCUT2D eigenvalue weighted by molar-refractivity contribution is 0.0942. The van der Waals surface area contributed by atoms with E-state index in [1.165, 1.54) is 0 Å². The fourth-order valence-electron chi connectivity index (χ4n) is 1.65. The molecular weight excluding hydrogens is 238 g/mol. The third-order valence-corrected chi connectivity index (χ3v) is 2.72. The fourth-order valence-corrected chi connectivity index (χ4v) is 1.80. The van der Waals surface area contributed by atoms with Gasteiger partial charge >= 0.3 is 0 Å². The van der Waals surface area contributed by atoms with Crippen molar-refractivity contribution in [2.24, 2.45) is 0 Å². The summed E-state index contributed by atoms with van der Waals surface area (Å²) >= 11 is 5.83. The summed E-state index contributed by atoms with van der Waals surface area (Å²) in [6.07, 6.45) is 1.81. The number of rotatable bonds is 6. The van der Waals surface area contributed by atoms with E-state index in [4.69, 9.17) is 11.6 Å². The second kappa shape index (κ2) is 6.64. The number of amides is 1. The molecule has 0 spiro atoms. The minimum atomic E-state index is -0.0605. The molecule has 0 fully saturated rings. The van der Waals surface area contributed by atoms with E-state index in [0.29, 0.717) is 18.8 Å². The molecule has 0 aliphatic carbocycles. The summed E-state index contributed by atoms with van der Waals surface area (Å²) in [4.78, 5) is 11.9. The third kappa shape index (κ3) is 4.38. The summed E-state index contributed by atoms with van der Waals surface area (Å²) in [5, 5.41) is 7.29. The van der Waals surface area contributed by atoms with E-state index in [-0.39, 0.29) is 11.3 Å². The normalized spacial score (nSPS) is 12.5. The van der Waals surface area contributed by atoms with Gasteiger partial charge in [-0.15, -0.1) is 11.6 Å². The fraction of sp³-hybridized carbons (Fsp3) is 0.667. The molecule has 5 heteroatoms. The lowest BCUT2D eigenvalue weighted by atomic mass is 10.2. The Labute approximate surface area is 107 Å². The van der Waals surface area contributed by atoms with Crippen molar-refractivity contribution in [2.75, 3.05) is 6.54 Å². The van der Waals surface area contributed by atoms with E-state index >= 15 is 0 Å². The standard InChI is InChI=1S/C12H20ClN3O/c1-4-16-11(8-10(3)15-16)12(17)14-7-5-6-9(2)13/h8-9H,4-7H2,1-3H3,(H,14,17). The van der Waals surface area contributed by atoms with Crippen LogP contribution in [-0.2, 0) is 6.54 Å². The first kappa shape index (κ1) is 14.0. The second-order valence-electron chi connectivity index (χ2n) is 4.17. The van der Waals surface area contributed by atoms with Gasteiger partial charge in [-0.3, -0.25) is 9.48 Å². The SMILES string of the molecule is CCn1nc(C)cc1C(=O)NCCCC(C)Cl. The quantitative estimate of drug-likeness (QED) is 0.628. The number of hydrogen-bond donors (Lipinski definition) is 1. The maximum absolute atomic E-state index is 11.9. The number of carbonyl (C=O) groups is 1. The zero-order valence-electron chi connectivity index (χ0n) is 10.7. The molecule has 1 heterocycles. The van der Waals surface area contributed by atoms with Crippen molar-refractivity contribution in [3.05, 3.63) is 17.5 Å². The summed E-state index contributed by atoms with van der Waals surface area (Å²) in [5.74, 6) is -0.0605. The van der Waals surface area contributed by atoms with Gasteiger partial charge in [-0.05, 0) is 39.7 Å². The number of aromatic nitrogens is 2. The van der Waals surface area contributed by atoms with Gasteiger partial charge in [0.2, 0.25) is 0 Å². The van der Waals surface area contributed by atoms with Crippen molar-refractivity contribution in [1.82, 2.24) is 15.1 Å². The van der Waals surface area contributed by atoms with Crippen LogP contribution in [0.1, 0.15) is 42.9 Å². The Balaban J connectivity index is 2.46. The predicted octanol–water partition coefficient (Wildman–Crippen LogP) is 2.35. The van der Waals surface area contributed by atoms with Crippen LogP contribution >= 0.6 is 11.6 Å². The molecule has 0 saturated carbocycles. The Morgan fingerprint density at radius 2 is 2.35 bits per heavy atom. The summed E-state index contributed by atoms with van der Waals surface area (Å²) in [6, 6.07) is 1.81. The summed E-state index contributed by atoms with van der Waals surface area (Å²) < 4.78 is 1.72. The maximum Gasteiger partial charge on any atom is 0.269 e. The first-order valence-corrected chi connectivity index (χ1v) is 6.45. The molecule has 1 N–H and O–H groups in total. The van der Waals surface area contributed by atoms with Crippen LogP contribution in [0.3, 0.4) is 0 Å². The number of alkyl halides is 1. The largest absolute Gasteiger partial charge is 0.351 e. The van der Waals surface area contributed by atoms with Crippen LogP contribution in [0.4, 0.5) is 0 Å². The van der Waals surface area contributed by atoms with Gasteiger partial charge in [0.15, 0.2) is 0 Å². The van der Waals surface area contributed by atoms with Crippen molar-refractivity contribution >= 4 is 17.5 Å². The van der Waals surface area contributed by atoms with Gasteiger partial charge in [-0.2, -0.15) is 5.10 Å². The maximum atomic E-state index is 11.9. The van der Waals surface area contributed by atoms with Crippen LogP contribution in [-0.4, -0.2) is 27.6 Å². The Hall–Kier alpha value is -1.03. The first-order chi connectivity index (χ1) is 8.04. The zero-order chi connectivity index (χ0) is 12.8. The van der Waals surface area contributed by atoms with Gasteiger partial charge < -0.3 is 5.32 Å². The van der Waals surface area contributed by atoms with E-state index in [1.807, 2.05) is 26.8 Å². The number of carbonyl (C=O) groups excluding carboxylic acids is 1. The van der Waals surface area contributed by atoms with E-state index in [0.717, 1.165) is 18.5 Å². The number of hydrogen-bond acceptors (Lipinski definition) is 2. The highest BCUT2D eigenvalue weighted by Crippen LogP contribution is 2.05. The van der Waals surface area contributed by atoms with E-state index in [2.05, 4.69) is 10.4 Å². The smallest absolute Gasteiger partial charge is 0.269 e. The lowest BCUT2D eigenvalue weighted by Gasteiger charge is -2.07. The first-order valence-electron chi connectivity index (χ1n) is 6.01. The summed E-state index contributed by atoms with van der Waals surface area (Å²) in [7, 11) is 0. The van der Waals surface area contributed by atoms with Crippen LogP contribution < -0.4 is 5.32 Å². The van der Waals surface area contributed by atoms with Crippen molar-refractivity contribution in [1.29, 1.82) is 0 Å². The average Bonchev–Trinajstić information content (AvgIpc) is 2.65. The molecular formula is C12H20ClN3O. The highest BCUT2D eigenvalue weighted by Gasteiger charge is 2.12. The van der Waals surface area contributed by atoms with Crippen LogP contribution in [0.25, 0.3) is 0 Å². The molecule has 1 amide bonds. The van der Waals surface area contributed by atoms with Crippen LogP contribution in [0, 0.1) is 6.92 Å². The monoisotopic (exact) mass is 257 g/mol. The lowest BCUT2D eigenvalue weighted by Crippen LogP contribution is -2.27. The van der Waals surface area contributed by atoms with Crippen LogP contribution in [0.2, 0.25) is 0 Å². The van der Waals surface area contributed by atoms with E-state index in [1.54, 1.807) is 4.68 Å². The Bertz CT molecular complexity index is 374. The molecule has 0 saturated heterocycles. The molecule has 1 atom stereocenters. The summed E-state index contributed by atoms with van der Waals surface area (Å²) in [5.41, 5.74) is 1.50. The molecule has 17 heavy (non-hydrogen) atoms. The number of nitrogens with zero attached hydrogens (tertiary/aromatic N) is 2. The molecule has 1 rings (SSSR count). The predicted molar refractivity (Wildman–Crippen MR) is 69.5 cm³/mol. The molecule has 0 aliphatic rings. The number of halogens is 1. The minimum absolute atomic E-state index is 0.0605. The molecule has 4 nitrogen and oxygen atoms in total. The topological polar surface area (TPSA) is 46.9 Å². The highest BCUT2D eigenvalue weighted by atomic mass is 35.5. The molecule has 0 aliphatic heterocycles. The molecule has 1 aromatic heterocycles. The van der Waals surface area contributed by atoms with Crippen molar-refractivity contribution in [2.45, 2.75) is 45.5 Å². The van der Waals surface area contributed by atoms with Gasteiger partial charge in [-0.25, -0.2) is 0 Å². The van der Waals surface area contributed by atoms with Gasteiger partial charge in [0.25, 0.3) is 5.91 Å². The van der Waals surface area contributed by atoms with Crippen molar-refractivity contribution in [3.63, 3.8) is 0 Å². The molecule has 1 aromatic rings. The Kier molecular flexibility index (Phi) is 5.48. The molecule has 0 aromatic carbocycles. The van der Waals surface area contributed by atoms with Gasteiger partial charge in [0.1, 0.15) is 5.69 Å². The van der Waals surface area contributed by atoms with Crippen LogP contribution in [0.5, 0.6) is 0 Å². The highest BCUT2D eigenvalue weighted by molar-refractivity contribution is 6.20. The third-order valence-electron chi connectivity index (χ3n) is 2.50. The van der Waals surface area contributed by atoms with E-state index in [9.17, 15) is 4.79 Å². The van der Waals surface area contributed by atoms with E-state index < -0.39 is 0 Å². The zero-order valence-corrected chi connectivity index (χ0v) is 11.4. The number of aryl methyl sites for hydroxylation is 2. The average molecular weight is 258 g/mol. The van der Waals surface area contributed by atoms with Crippen LogP contribution in [0.15, 0.2) is 6.07 Å².